The molecular weight excluding hydrogens is 422 g/mol. The summed E-state index contributed by atoms with van der Waals surface area (Å²) < 4.78 is 27.4. The third-order valence-electron chi connectivity index (χ3n) is 3.01. The highest BCUT2D eigenvalue weighted by Gasteiger charge is 2.15. The highest BCUT2D eigenvalue weighted by Crippen LogP contribution is 2.27. The van der Waals surface area contributed by atoms with Crippen LogP contribution in [0, 0.1) is 10.1 Å². The molecule has 0 amide bonds. The predicted molar refractivity (Wildman–Crippen MR) is 95.9 cm³/mol. The van der Waals surface area contributed by atoms with Gasteiger partial charge in [0, 0.05) is 28.7 Å². The zero-order valence-corrected chi connectivity index (χ0v) is 15.4. The van der Waals surface area contributed by atoms with Gasteiger partial charge in [0.05, 0.1) is 9.82 Å². The first-order valence-corrected chi connectivity index (χ1v) is 9.38. The summed E-state index contributed by atoms with van der Waals surface area (Å²) in [6.45, 7) is 0.246. The van der Waals surface area contributed by atoms with E-state index in [-0.39, 0.29) is 34.4 Å². The molecule has 10 heteroatoms. The number of rotatable bonds is 7. The summed E-state index contributed by atoms with van der Waals surface area (Å²) in [5, 5.41) is 14.0. The number of anilines is 1. The van der Waals surface area contributed by atoms with E-state index in [9.17, 15) is 18.5 Å². The Labute approximate surface area is 152 Å². The van der Waals surface area contributed by atoms with E-state index in [1.54, 1.807) is 12.1 Å². The fourth-order valence-corrected chi connectivity index (χ4v) is 3.35. The van der Waals surface area contributed by atoms with Gasteiger partial charge in [-0.05, 0) is 36.4 Å². The van der Waals surface area contributed by atoms with Crippen LogP contribution in [0.3, 0.4) is 0 Å². The van der Waals surface area contributed by atoms with Crippen molar-refractivity contribution in [3.63, 3.8) is 0 Å². The average molecular weight is 435 g/mol. The van der Waals surface area contributed by atoms with Crippen molar-refractivity contribution >= 4 is 48.9 Å². The van der Waals surface area contributed by atoms with Crippen LogP contribution < -0.4 is 10.0 Å². The Morgan fingerprint density at radius 3 is 2.42 bits per heavy atom. The number of nitro groups is 1. The van der Waals surface area contributed by atoms with Crippen LogP contribution in [0.1, 0.15) is 0 Å². The Hall–Kier alpha value is -1.68. The topological polar surface area (TPSA) is 101 Å². The van der Waals surface area contributed by atoms with Crippen LogP contribution in [0.4, 0.5) is 11.4 Å². The van der Waals surface area contributed by atoms with Crippen molar-refractivity contribution in [2.75, 3.05) is 18.4 Å². The largest absolute Gasteiger partial charge is 0.378 e. The molecule has 0 atom stereocenters. The summed E-state index contributed by atoms with van der Waals surface area (Å²) in [6.07, 6.45) is 0. The summed E-state index contributed by atoms with van der Waals surface area (Å²) >= 11 is 8.97. The fourth-order valence-electron chi connectivity index (χ4n) is 1.88. The normalized spacial score (nSPS) is 11.2. The van der Waals surface area contributed by atoms with Gasteiger partial charge >= 0.3 is 0 Å². The molecular formula is C14H13BrClN3O4S. The molecule has 2 N–H and O–H groups in total. The second-order valence-electron chi connectivity index (χ2n) is 4.70. The molecule has 0 aromatic heterocycles. The SMILES string of the molecule is O=[N+]([O-])c1cc(Cl)ccc1NCCNS(=O)(=O)c1ccc(Br)cc1. The van der Waals surface area contributed by atoms with Gasteiger partial charge in [-0.15, -0.1) is 0 Å². The highest BCUT2D eigenvalue weighted by atomic mass is 79.9. The minimum atomic E-state index is -3.63. The van der Waals surface area contributed by atoms with Crippen LogP contribution >= 0.6 is 27.5 Å². The smallest absolute Gasteiger partial charge is 0.293 e. The fraction of sp³-hybridized carbons (Fsp3) is 0.143. The van der Waals surface area contributed by atoms with E-state index in [0.29, 0.717) is 0 Å². The summed E-state index contributed by atoms with van der Waals surface area (Å²) in [6, 6.07) is 10.4. The zero-order valence-electron chi connectivity index (χ0n) is 12.2. The number of nitrogens with zero attached hydrogens (tertiary/aromatic N) is 1. The number of benzene rings is 2. The summed E-state index contributed by atoms with van der Waals surface area (Å²) in [4.78, 5) is 10.6. The molecule has 7 nitrogen and oxygen atoms in total. The predicted octanol–water partition coefficient (Wildman–Crippen LogP) is 3.40. The lowest BCUT2D eigenvalue weighted by atomic mass is 10.2. The first kappa shape index (κ1) is 18.7. The number of nitrogens with one attached hydrogen (secondary N) is 2. The van der Waals surface area contributed by atoms with Crippen LogP contribution in [-0.4, -0.2) is 26.4 Å². The van der Waals surface area contributed by atoms with Crippen molar-refractivity contribution in [2.24, 2.45) is 0 Å². The second-order valence-corrected chi connectivity index (χ2v) is 7.82. The van der Waals surface area contributed by atoms with Gasteiger partial charge in [-0.3, -0.25) is 10.1 Å². The Balaban J connectivity index is 1.96. The Morgan fingerprint density at radius 2 is 1.79 bits per heavy atom. The molecule has 0 spiro atoms. The van der Waals surface area contributed by atoms with E-state index in [4.69, 9.17) is 11.6 Å². The Kier molecular flexibility index (Phi) is 6.16. The Bertz CT molecular complexity index is 844. The average Bonchev–Trinajstić information content (AvgIpc) is 2.53. The lowest BCUT2D eigenvalue weighted by Gasteiger charge is -2.09. The van der Waals surface area contributed by atoms with E-state index in [1.807, 2.05) is 0 Å². The molecule has 2 aromatic carbocycles. The van der Waals surface area contributed by atoms with Gasteiger partial charge in [0.25, 0.3) is 5.69 Å². The maximum Gasteiger partial charge on any atom is 0.293 e. The van der Waals surface area contributed by atoms with Crippen molar-refractivity contribution in [3.05, 3.63) is 62.1 Å². The van der Waals surface area contributed by atoms with Gasteiger partial charge in [-0.2, -0.15) is 0 Å². The molecule has 0 bridgehead atoms. The second kappa shape index (κ2) is 7.93. The molecule has 0 saturated heterocycles. The molecule has 0 aliphatic rings. The van der Waals surface area contributed by atoms with E-state index in [1.165, 1.54) is 30.3 Å². The number of hydrogen-bond donors (Lipinski definition) is 2. The van der Waals surface area contributed by atoms with Gasteiger partial charge in [-0.1, -0.05) is 27.5 Å². The summed E-state index contributed by atoms with van der Waals surface area (Å²) in [5.41, 5.74) is 0.102. The first-order chi connectivity index (χ1) is 11.3. The van der Waals surface area contributed by atoms with Crippen LogP contribution in [-0.2, 0) is 10.0 Å². The van der Waals surface area contributed by atoms with Crippen LogP contribution in [0.2, 0.25) is 5.02 Å². The molecule has 0 fully saturated rings. The monoisotopic (exact) mass is 433 g/mol. The molecule has 128 valence electrons. The molecule has 0 unspecified atom stereocenters. The highest BCUT2D eigenvalue weighted by molar-refractivity contribution is 9.10. The summed E-state index contributed by atoms with van der Waals surface area (Å²) in [7, 11) is -3.63. The van der Waals surface area contributed by atoms with Gasteiger partial charge in [0.15, 0.2) is 0 Å². The molecule has 0 aliphatic carbocycles. The zero-order chi connectivity index (χ0) is 17.7. The van der Waals surface area contributed by atoms with E-state index in [2.05, 4.69) is 26.0 Å². The van der Waals surface area contributed by atoms with Crippen molar-refractivity contribution < 1.29 is 13.3 Å². The number of halogens is 2. The number of nitro benzene ring substituents is 1. The molecule has 2 aromatic rings. The van der Waals surface area contributed by atoms with E-state index >= 15 is 0 Å². The van der Waals surface area contributed by atoms with Crippen LogP contribution in [0.15, 0.2) is 51.8 Å². The van der Waals surface area contributed by atoms with Gasteiger partial charge in [-0.25, -0.2) is 13.1 Å². The van der Waals surface area contributed by atoms with E-state index in [0.717, 1.165) is 4.47 Å². The maximum absolute atomic E-state index is 12.1. The van der Waals surface area contributed by atoms with Crippen LogP contribution in [0.25, 0.3) is 0 Å². The number of sulfonamides is 1. The lowest BCUT2D eigenvalue weighted by molar-refractivity contribution is -0.383. The van der Waals surface area contributed by atoms with E-state index < -0.39 is 14.9 Å². The standard InChI is InChI=1S/C14H13BrClN3O4S/c15-10-1-4-12(5-2-10)24(22,23)18-8-7-17-13-6-3-11(16)9-14(13)19(20)21/h1-6,9,17-18H,7-8H2. The molecule has 24 heavy (non-hydrogen) atoms. The third kappa shape index (κ3) is 4.91. The first-order valence-electron chi connectivity index (χ1n) is 6.72. The molecule has 0 aliphatic heterocycles. The Morgan fingerprint density at radius 1 is 1.12 bits per heavy atom. The summed E-state index contributed by atoms with van der Waals surface area (Å²) in [5.74, 6) is 0. The third-order valence-corrected chi connectivity index (χ3v) is 5.25. The van der Waals surface area contributed by atoms with Gasteiger partial charge < -0.3 is 5.32 Å². The van der Waals surface area contributed by atoms with Crippen molar-refractivity contribution in [1.82, 2.24) is 4.72 Å². The molecule has 0 heterocycles. The number of hydrogen-bond acceptors (Lipinski definition) is 5. The maximum atomic E-state index is 12.1. The lowest BCUT2D eigenvalue weighted by Crippen LogP contribution is -2.29. The minimum absolute atomic E-state index is 0.0676. The van der Waals surface area contributed by atoms with Crippen molar-refractivity contribution in [3.8, 4) is 0 Å². The van der Waals surface area contributed by atoms with Crippen LogP contribution in [0.5, 0.6) is 0 Å². The molecule has 0 radical (unpaired) electrons. The molecule has 2 rings (SSSR count). The van der Waals surface area contributed by atoms with Crippen molar-refractivity contribution in [1.29, 1.82) is 0 Å². The van der Waals surface area contributed by atoms with Gasteiger partial charge in [0.1, 0.15) is 5.69 Å². The molecule has 0 saturated carbocycles. The van der Waals surface area contributed by atoms with Crippen molar-refractivity contribution in [2.45, 2.75) is 4.90 Å². The quantitative estimate of drug-likeness (QED) is 0.395. The van der Waals surface area contributed by atoms with Gasteiger partial charge in [0.2, 0.25) is 10.0 Å². The minimum Gasteiger partial charge on any atom is -0.378 e.